The molecule has 0 bridgehead atoms. The predicted molar refractivity (Wildman–Crippen MR) is 67.1 cm³/mol. The highest BCUT2D eigenvalue weighted by molar-refractivity contribution is 6.42. The smallest absolute Gasteiger partial charge is 0.0595 e. The lowest BCUT2D eigenvalue weighted by Crippen LogP contribution is -2.33. The molecule has 1 saturated carbocycles. The standard InChI is InChI=1S/C12H15Cl2NO/c13-10-2-1-8(5-11(10)14)12(7-15)4-3-9(16)6-12/h1-2,5,9,16H,3-4,6-7,15H2/t9-,12+/m0/s1. The van der Waals surface area contributed by atoms with E-state index in [1.165, 1.54) is 0 Å². The van der Waals surface area contributed by atoms with Crippen molar-refractivity contribution < 1.29 is 5.11 Å². The molecule has 1 aromatic carbocycles. The first-order chi connectivity index (χ1) is 7.57. The van der Waals surface area contributed by atoms with Gasteiger partial charge in [-0.15, -0.1) is 0 Å². The highest BCUT2D eigenvalue weighted by Crippen LogP contribution is 2.41. The third-order valence-corrected chi connectivity index (χ3v) is 4.24. The molecule has 0 heterocycles. The van der Waals surface area contributed by atoms with Crippen molar-refractivity contribution >= 4 is 23.2 Å². The summed E-state index contributed by atoms with van der Waals surface area (Å²) in [5, 5.41) is 10.8. The van der Waals surface area contributed by atoms with Crippen LogP contribution in [0.3, 0.4) is 0 Å². The summed E-state index contributed by atoms with van der Waals surface area (Å²) in [5.74, 6) is 0. The first-order valence-corrected chi connectivity index (χ1v) is 6.17. The molecule has 0 radical (unpaired) electrons. The van der Waals surface area contributed by atoms with Gasteiger partial charge in [0.05, 0.1) is 16.1 Å². The summed E-state index contributed by atoms with van der Waals surface area (Å²) in [4.78, 5) is 0. The number of benzene rings is 1. The fourth-order valence-corrected chi connectivity index (χ4v) is 2.79. The van der Waals surface area contributed by atoms with Gasteiger partial charge in [-0.25, -0.2) is 0 Å². The van der Waals surface area contributed by atoms with Gasteiger partial charge in [-0.1, -0.05) is 29.3 Å². The van der Waals surface area contributed by atoms with Crippen LogP contribution in [-0.4, -0.2) is 17.8 Å². The molecule has 0 aliphatic heterocycles. The minimum atomic E-state index is -0.252. The number of halogens is 2. The quantitative estimate of drug-likeness (QED) is 0.858. The monoisotopic (exact) mass is 259 g/mol. The molecule has 16 heavy (non-hydrogen) atoms. The van der Waals surface area contributed by atoms with Gasteiger partial charge < -0.3 is 10.8 Å². The second-order valence-electron chi connectivity index (χ2n) is 4.51. The van der Waals surface area contributed by atoms with Crippen LogP contribution in [0.4, 0.5) is 0 Å². The minimum absolute atomic E-state index is 0.131. The molecule has 1 aromatic rings. The molecule has 1 aliphatic rings. The van der Waals surface area contributed by atoms with Gasteiger partial charge in [-0.05, 0) is 37.0 Å². The topological polar surface area (TPSA) is 46.2 Å². The predicted octanol–water partition coefficient (Wildman–Crippen LogP) is 2.73. The van der Waals surface area contributed by atoms with Crippen LogP contribution in [0.5, 0.6) is 0 Å². The lowest BCUT2D eigenvalue weighted by Gasteiger charge is -2.28. The zero-order chi connectivity index (χ0) is 11.8. The Morgan fingerprint density at radius 2 is 2.12 bits per heavy atom. The Labute approximate surface area is 105 Å². The van der Waals surface area contributed by atoms with Crippen LogP contribution in [0.25, 0.3) is 0 Å². The molecule has 3 N–H and O–H groups in total. The van der Waals surface area contributed by atoms with E-state index in [0.717, 1.165) is 18.4 Å². The van der Waals surface area contributed by atoms with Crippen LogP contribution in [0.1, 0.15) is 24.8 Å². The summed E-state index contributed by atoms with van der Waals surface area (Å²) >= 11 is 11.9. The highest BCUT2D eigenvalue weighted by atomic mass is 35.5. The van der Waals surface area contributed by atoms with Crippen molar-refractivity contribution in [3.63, 3.8) is 0 Å². The van der Waals surface area contributed by atoms with Crippen molar-refractivity contribution in [3.8, 4) is 0 Å². The Morgan fingerprint density at radius 3 is 2.62 bits per heavy atom. The fourth-order valence-electron chi connectivity index (χ4n) is 2.49. The van der Waals surface area contributed by atoms with E-state index >= 15 is 0 Å². The highest BCUT2D eigenvalue weighted by Gasteiger charge is 2.38. The molecule has 2 rings (SSSR count). The average molecular weight is 260 g/mol. The largest absolute Gasteiger partial charge is 0.393 e. The second kappa shape index (κ2) is 4.53. The summed E-state index contributed by atoms with van der Waals surface area (Å²) in [6.45, 7) is 0.530. The maximum atomic E-state index is 9.67. The number of hydrogen-bond donors (Lipinski definition) is 2. The van der Waals surface area contributed by atoms with Crippen molar-refractivity contribution in [2.45, 2.75) is 30.8 Å². The lowest BCUT2D eigenvalue weighted by atomic mass is 9.79. The zero-order valence-corrected chi connectivity index (χ0v) is 10.4. The number of hydrogen-bond acceptors (Lipinski definition) is 2. The van der Waals surface area contributed by atoms with Gasteiger partial charge in [-0.2, -0.15) is 0 Å². The van der Waals surface area contributed by atoms with Crippen LogP contribution in [0, 0.1) is 0 Å². The molecule has 0 spiro atoms. The molecule has 0 amide bonds. The Kier molecular flexibility index (Phi) is 3.45. The molecule has 0 aromatic heterocycles. The van der Waals surface area contributed by atoms with Gasteiger partial charge in [0.1, 0.15) is 0 Å². The maximum Gasteiger partial charge on any atom is 0.0595 e. The van der Waals surface area contributed by atoms with E-state index in [1.54, 1.807) is 6.07 Å². The molecule has 1 aliphatic carbocycles. The van der Waals surface area contributed by atoms with Gasteiger partial charge in [0.15, 0.2) is 0 Å². The van der Waals surface area contributed by atoms with Crippen LogP contribution in [-0.2, 0) is 5.41 Å². The zero-order valence-electron chi connectivity index (χ0n) is 8.92. The van der Waals surface area contributed by atoms with Crippen LogP contribution in [0.15, 0.2) is 18.2 Å². The van der Waals surface area contributed by atoms with Gasteiger partial charge in [0.25, 0.3) is 0 Å². The van der Waals surface area contributed by atoms with Crippen molar-refractivity contribution in [1.29, 1.82) is 0 Å². The van der Waals surface area contributed by atoms with E-state index in [1.807, 2.05) is 12.1 Å². The first kappa shape index (κ1) is 12.2. The molecule has 4 heteroatoms. The number of aliphatic hydroxyl groups is 1. The Balaban J connectivity index is 2.37. The molecule has 88 valence electrons. The average Bonchev–Trinajstić information content (AvgIpc) is 2.65. The van der Waals surface area contributed by atoms with Crippen molar-refractivity contribution in [2.75, 3.05) is 6.54 Å². The third-order valence-electron chi connectivity index (χ3n) is 3.51. The summed E-state index contributed by atoms with van der Waals surface area (Å²) in [5.41, 5.74) is 6.82. The van der Waals surface area contributed by atoms with Gasteiger partial charge in [-0.3, -0.25) is 0 Å². The van der Waals surface area contributed by atoms with E-state index in [2.05, 4.69) is 0 Å². The normalized spacial score (nSPS) is 29.6. The van der Waals surface area contributed by atoms with E-state index in [-0.39, 0.29) is 11.5 Å². The van der Waals surface area contributed by atoms with Crippen LogP contribution in [0.2, 0.25) is 10.0 Å². The Morgan fingerprint density at radius 1 is 1.38 bits per heavy atom. The van der Waals surface area contributed by atoms with Gasteiger partial charge in [0.2, 0.25) is 0 Å². The van der Waals surface area contributed by atoms with E-state index < -0.39 is 0 Å². The second-order valence-corrected chi connectivity index (χ2v) is 5.32. The van der Waals surface area contributed by atoms with Crippen molar-refractivity contribution in [2.24, 2.45) is 5.73 Å². The Bertz CT molecular complexity index is 397. The molecule has 0 saturated heterocycles. The maximum absolute atomic E-state index is 9.67. The third kappa shape index (κ3) is 2.07. The molecule has 0 unspecified atom stereocenters. The lowest BCUT2D eigenvalue weighted by molar-refractivity contribution is 0.174. The summed E-state index contributed by atoms with van der Waals surface area (Å²) in [6.07, 6.45) is 2.17. The van der Waals surface area contributed by atoms with E-state index in [9.17, 15) is 5.11 Å². The first-order valence-electron chi connectivity index (χ1n) is 5.41. The van der Waals surface area contributed by atoms with E-state index in [0.29, 0.717) is 23.0 Å². The summed E-state index contributed by atoms with van der Waals surface area (Å²) < 4.78 is 0. The SMILES string of the molecule is NC[C@@]1(c2ccc(Cl)c(Cl)c2)CC[C@H](O)C1. The van der Waals surface area contributed by atoms with E-state index in [4.69, 9.17) is 28.9 Å². The van der Waals surface area contributed by atoms with Crippen LogP contribution >= 0.6 is 23.2 Å². The molecule has 2 atom stereocenters. The molecule has 1 fully saturated rings. The Hall–Kier alpha value is -0.280. The number of rotatable bonds is 2. The minimum Gasteiger partial charge on any atom is -0.393 e. The van der Waals surface area contributed by atoms with Gasteiger partial charge >= 0.3 is 0 Å². The summed E-state index contributed by atoms with van der Waals surface area (Å²) in [6, 6.07) is 5.62. The summed E-state index contributed by atoms with van der Waals surface area (Å²) in [7, 11) is 0. The van der Waals surface area contributed by atoms with Crippen molar-refractivity contribution in [1.82, 2.24) is 0 Å². The van der Waals surface area contributed by atoms with Crippen molar-refractivity contribution in [3.05, 3.63) is 33.8 Å². The molecular formula is C12H15Cl2NO. The van der Waals surface area contributed by atoms with Gasteiger partial charge in [0, 0.05) is 12.0 Å². The number of nitrogens with two attached hydrogens (primary N) is 1. The molecular weight excluding hydrogens is 245 g/mol. The molecule has 2 nitrogen and oxygen atoms in total. The van der Waals surface area contributed by atoms with Crippen LogP contribution < -0.4 is 5.73 Å². The number of aliphatic hydroxyl groups excluding tert-OH is 1. The fraction of sp³-hybridized carbons (Fsp3) is 0.500.